The molecule has 3 rings (SSSR count). The molecule has 36 heavy (non-hydrogen) atoms. The Balaban J connectivity index is 1.99. The van der Waals surface area contributed by atoms with Gasteiger partial charge in [0.25, 0.3) is 5.91 Å². The molecule has 0 saturated carbocycles. The minimum Gasteiger partial charge on any atom is -0.508 e. The van der Waals surface area contributed by atoms with Gasteiger partial charge in [0.1, 0.15) is 17.4 Å². The summed E-state index contributed by atoms with van der Waals surface area (Å²) in [4.78, 5) is 34.3. The van der Waals surface area contributed by atoms with Gasteiger partial charge < -0.3 is 19.5 Å². The molecule has 2 aromatic carbocycles. The fourth-order valence-electron chi connectivity index (χ4n) is 3.70. The number of phenols is 1. The monoisotopic (exact) mass is 511 g/mol. The first-order valence-electron chi connectivity index (χ1n) is 11.6. The number of ether oxygens (including phenoxy) is 2. The first-order valence-corrected chi connectivity index (χ1v) is 12.0. The number of carbonyl (C=O) groups is 2. The number of anilines is 2. The number of unbranched alkanes of at least 4 members (excludes halogenated alkanes) is 2. The molecule has 0 radical (unpaired) electrons. The van der Waals surface area contributed by atoms with Crippen molar-refractivity contribution in [3.8, 4) is 17.2 Å². The molecule has 1 heterocycles. The van der Waals surface area contributed by atoms with E-state index < -0.39 is 5.91 Å². The number of aromatic hydroxyl groups is 1. The number of aromatic nitrogens is 1. The molecule has 0 unspecified atom stereocenters. The van der Waals surface area contributed by atoms with Gasteiger partial charge in [0.2, 0.25) is 5.91 Å². The highest BCUT2D eigenvalue weighted by molar-refractivity contribution is 6.29. The molecular formula is C27H30ClN3O5. The van der Waals surface area contributed by atoms with Crippen molar-refractivity contribution in [2.75, 3.05) is 37.1 Å². The number of halogens is 1. The highest BCUT2D eigenvalue weighted by atomic mass is 35.5. The number of carbonyl (C=O) groups excluding carboxylic acids is 2. The van der Waals surface area contributed by atoms with E-state index in [9.17, 15) is 14.7 Å². The SMILES string of the molecule is CCCCCN(C(=O)CN(C(=O)c1ccc(Cl)nc1)c1ccc(OC)c(OC)c1)c1ccc(O)cc1. The lowest BCUT2D eigenvalue weighted by atomic mass is 10.2. The molecule has 3 aromatic rings. The Bertz CT molecular complexity index is 1170. The van der Waals surface area contributed by atoms with Crippen LogP contribution in [0, 0.1) is 0 Å². The van der Waals surface area contributed by atoms with Crippen LogP contribution in [0.2, 0.25) is 5.15 Å². The second-order valence-corrected chi connectivity index (χ2v) is 8.46. The number of phenolic OH excluding ortho intramolecular Hbond substituents is 1. The van der Waals surface area contributed by atoms with Crippen LogP contribution in [0.3, 0.4) is 0 Å². The largest absolute Gasteiger partial charge is 0.508 e. The van der Waals surface area contributed by atoms with Crippen molar-refractivity contribution in [1.29, 1.82) is 0 Å². The van der Waals surface area contributed by atoms with Crippen molar-refractivity contribution >= 4 is 34.8 Å². The van der Waals surface area contributed by atoms with Gasteiger partial charge in [0.15, 0.2) is 11.5 Å². The van der Waals surface area contributed by atoms with E-state index in [0.717, 1.165) is 19.3 Å². The molecule has 0 fully saturated rings. The summed E-state index contributed by atoms with van der Waals surface area (Å²) in [5, 5.41) is 9.96. The normalized spacial score (nSPS) is 10.6. The van der Waals surface area contributed by atoms with Crippen LogP contribution in [0.25, 0.3) is 0 Å². The van der Waals surface area contributed by atoms with Crippen LogP contribution in [-0.4, -0.2) is 49.2 Å². The summed E-state index contributed by atoms with van der Waals surface area (Å²) in [6, 6.07) is 14.5. The molecule has 1 aromatic heterocycles. The third-order valence-corrected chi connectivity index (χ3v) is 5.86. The minimum atomic E-state index is -0.418. The molecular weight excluding hydrogens is 482 g/mol. The van der Waals surface area contributed by atoms with Gasteiger partial charge in [-0.2, -0.15) is 0 Å². The van der Waals surface area contributed by atoms with Crippen molar-refractivity contribution in [3.05, 3.63) is 71.5 Å². The van der Waals surface area contributed by atoms with Gasteiger partial charge in [-0.15, -0.1) is 0 Å². The smallest absolute Gasteiger partial charge is 0.260 e. The van der Waals surface area contributed by atoms with E-state index in [1.54, 1.807) is 41.3 Å². The maximum absolute atomic E-state index is 13.7. The summed E-state index contributed by atoms with van der Waals surface area (Å²) in [5.41, 5.74) is 1.38. The number of amides is 2. The topological polar surface area (TPSA) is 92.2 Å². The van der Waals surface area contributed by atoms with E-state index in [2.05, 4.69) is 11.9 Å². The van der Waals surface area contributed by atoms with Crippen molar-refractivity contribution < 1.29 is 24.2 Å². The number of pyridine rings is 1. The van der Waals surface area contributed by atoms with Gasteiger partial charge >= 0.3 is 0 Å². The second kappa shape index (κ2) is 12.8. The van der Waals surface area contributed by atoms with Crippen LogP contribution in [0.5, 0.6) is 17.2 Å². The zero-order valence-corrected chi connectivity index (χ0v) is 21.4. The molecule has 1 N–H and O–H groups in total. The van der Waals surface area contributed by atoms with Gasteiger partial charge in [-0.05, 0) is 55.0 Å². The van der Waals surface area contributed by atoms with Crippen LogP contribution >= 0.6 is 11.6 Å². The van der Waals surface area contributed by atoms with Crippen molar-refractivity contribution in [2.45, 2.75) is 26.2 Å². The van der Waals surface area contributed by atoms with Crippen LogP contribution in [0.1, 0.15) is 36.5 Å². The lowest BCUT2D eigenvalue weighted by Crippen LogP contribution is -2.43. The fraction of sp³-hybridized carbons (Fsp3) is 0.296. The Kier molecular flexibility index (Phi) is 9.53. The summed E-state index contributed by atoms with van der Waals surface area (Å²) in [7, 11) is 3.03. The van der Waals surface area contributed by atoms with E-state index in [1.807, 2.05) is 0 Å². The molecule has 0 aliphatic carbocycles. The number of nitrogens with zero attached hydrogens (tertiary/aromatic N) is 3. The zero-order chi connectivity index (χ0) is 26.1. The molecule has 0 spiro atoms. The first kappa shape index (κ1) is 26.8. The second-order valence-electron chi connectivity index (χ2n) is 8.07. The number of benzene rings is 2. The van der Waals surface area contributed by atoms with Gasteiger partial charge in [-0.25, -0.2) is 4.98 Å². The fourth-order valence-corrected chi connectivity index (χ4v) is 3.81. The van der Waals surface area contributed by atoms with Gasteiger partial charge in [-0.3, -0.25) is 14.5 Å². The standard InChI is InChI=1S/C27H30ClN3O5/c1-4-5-6-15-30(20-8-11-22(32)12-9-20)26(33)18-31(27(34)19-7-14-25(28)29-17-19)21-10-13-23(35-2)24(16-21)36-3/h7-14,16-17,32H,4-6,15,18H2,1-3H3. The van der Waals surface area contributed by atoms with Gasteiger partial charge in [-0.1, -0.05) is 31.4 Å². The molecule has 0 atom stereocenters. The van der Waals surface area contributed by atoms with Crippen LogP contribution in [0.15, 0.2) is 60.8 Å². The maximum Gasteiger partial charge on any atom is 0.260 e. The third kappa shape index (κ3) is 6.66. The van der Waals surface area contributed by atoms with E-state index in [0.29, 0.717) is 29.4 Å². The van der Waals surface area contributed by atoms with Crippen molar-refractivity contribution in [1.82, 2.24) is 4.98 Å². The van der Waals surface area contributed by atoms with E-state index in [4.69, 9.17) is 21.1 Å². The van der Waals surface area contributed by atoms with E-state index in [-0.39, 0.29) is 28.9 Å². The molecule has 190 valence electrons. The summed E-state index contributed by atoms with van der Waals surface area (Å²) >= 11 is 5.91. The molecule has 0 aliphatic heterocycles. The predicted molar refractivity (Wildman–Crippen MR) is 140 cm³/mol. The Morgan fingerprint density at radius 1 is 0.917 bits per heavy atom. The molecule has 8 nitrogen and oxygen atoms in total. The van der Waals surface area contributed by atoms with Crippen LogP contribution < -0.4 is 19.3 Å². The summed E-state index contributed by atoms with van der Waals surface area (Å²) in [6.07, 6.45) is 4.13. The highest BCUT2D eigenvalue weighted by Gasteiger charge is 2.26. The summed E-state index contributed by atoms with van der Waals surface area (Å²) < 4.78 is 10.7. The molecule has 0 bridgehead atoms. The molecule has 0 saturated heterocycles. The Labute approximate surface area is 216 Å². The predicted octanol–water partition coefficient (Wildman–Crippen LogP) is 5.33. The molecule has 0 aliphatic rings. The molecule has 9 heteroatoms. The van der Waals surface area contributed by atoms with E-state index >= 15 is 0 Å². The third-order valence-electron chi connectivity index (χ3n) is 5.64. The highest BCUT2D eigenvalue weighted by Crippen LogP contribution is 2.32. The summed E-state index contributed by atoms with van der Waals surface area (Å²) in [6.45, 7) is 2.34. The Morgan fingerprint density at radius 2 is 1.61 bits per heavy atom. The average Bonchev–Trinajstić information content (AvgIpc) is 2.90. The quantitative estimate of drug-likeness (QED) is 0.276. The number of rotatable bonds is 11. The first-order chi connectivity index (χ1) is 17.4. The van der Waals surface area contributed by atoms with Crippen LogP contribution in [-0.2, 0) is 4.79 Å². The Morgan fingerprint density at radius 3 is 2.22 bits per heavy atom. The number of hydrogen-bond acceptors (Lipinski definition) is 6. The lowest BCUT2D eigenvalue weighted by molar-refractivity contribution is -0.117. The van der Waals surface area contributed by atoms with Crippen molar-refractivity contribution in [2.24, 2.45) is 0 Å². The zero-order valence-electron chi connectivity index (χ0n) is 20.6. The van der Waals surface area contributed by atoms with Gasteiger partial charge in [0, 0.05) is 30.2 Å². The number of methoxy groups -OCH3 is 2. The van der Waals surface area contributed by atoms with E-state index in [1.165, 1.54) is 43.5 Å². The lowest BCUT2D eigenvalue weighted by Gasteiger charge is -2.28. The summed E-state index contributed by atoms with van der Waals surface area (Å²) in [5.74, 6) is 0.337. The average molecular weight is 512 g/mol. The van der Waals surface area contributed by atoms with Crippen molar-refractivity contribution in [3.63, 3.8) is 0 Å². The number of hydrogen-bond donors (Lipinski definition) is 1. The van der Waals surface area contributed by atoms with Gasteiger partial charge in [0.05, 0.1) is 19.8 Å². The van der Waals surface area contributed by atoms with Crippen LogP contribution in [0.4, 0.5) is 11.4 Å². The Hall–Kier alpha value is -3.78. The molecule has 2 amide bonds. The minimum absolute atomic E-state index is 0.108. The maximum atomic E-state index is 13.7.